The van der Waals surface area contributed by atoms with Crippen molar-refractivity contribution in [2.45, 2.75) is 0 Å². The predicted molar refractivity (Wildman–Crippen MR) is 75.6 cm³/mol. The Hall–Kier alpha value is -1.70. The Morgan fingerprint density at radius 1 is 1.29 bits per heavy atom. The topological polar surface area (TPSA) is 27.0 Å². The number of benzene rings is 1. The van der Waals surface area contributed by atoms with Crippen molar-refractivity contribution in [1.29, 1.82) is 5.26 Å². The van der Waals surface area contributed by atoms with Crippen LogP contribution in [-0.2, 0) is 0 Å². The van der Waals surface area contributed by atoms with Gasteiger partial charge in [-0.05, 0) is 35.7 Å². The van der Waals surface area contributed by atoms with E-state index in [9.17, 15) is 0 Å². The first-order valence-corrected chi connectivity index (χ1v) is 6.33. The minimum atomic E-state index is 0.657. The lowest BCUT2D eigenvalue weighted by molar-refractivity contribution is 1.29. The minimum Gasteiger partial charge on any atom is -0.335 e. The fourth-order valence-corrected chi connectivity index (χ4v) is 2.46. The second kappa shape index (κ2) is 5.09. The highest BCUT2D eigenvalue weighted by Gasteiger charge is 2.09. The van der Waals surface area contributed by atoms with Gasteiger partial charge < -0.3 is 4.90 Å². The molecule has 1 aromatic heterocycles. The Morgan fingerprint density at radius 2 is 2.00 bits per heavy atom. The molecule has 0 amide bonds. The van der Waals surface area contributed by atoms with Crippen LogP contribution in [0.15, 0.2) is 41.8 Å². The Bertz CT molecular complexity index is 550. The van der Waals surface area contributed by atoms with Crippen molar-refractivity contribution in [2.24, 2.45) is 0 Å². The van der Waals surface area contributed by atoms with E-state index in [2.05, 4.69) is 6.07 Å². The van der Waals surface area contributed by atoms with E-state index >= 15 is 0 Å². The number of nitriles is 1. The third kappa shape index (κ3) is 2.52. The highest BCUT2D eigenvalue weighted by molar-refractivity contribution is 7.81. The minimum absolute atomic E-state index is 0.657. The number of thiophene rings is 1. The average molecular weight is 258 g/mol. The van der Waals surface area contributed by atoms with Crippen LogP contribution in [0.25, 0.3) is 0 Å². The summed E-state index contributed by atoms with van der Waals surface area (Å²) in [5.41, 5.74) is 1.64. The number of hydrogen-bond acceptors (Lipinski definition) is 3. The lowest BCUT2D eigenvalue weighted by Gasteiger charge is -2.19. The van der Waals surface area contributed by atoms with E-state index in [-0.39, 0.29) is 0 Å². The van der Waals surface area contributed by atoms with Crippen LogP contribution in [0.5, 0.6) is 0 Å². The third-order valence-electron chi connectivity index (χ3n) is 2.42. The van der Waals surface area contributed by atoms with E-state index in [1.54, 1.807) is 23.5 Å². The van der Waals surface area contributed by atoms with E-state index in [1.165, 1.54) is 0 Å². The van der Waals surface area contributed by atoms with Crippen molar-refractivity contribution in [3.8, 4) is 6.07 Å². The number of thiocarbonyl (C=S) groups is 1. The molecule has 2 nitrogen and oxygen atoms in total. The summed E-state index contributed by atoms with van der Waals surface area (Å²) in [6.45, 7) is 0. The molecular weight excluding hydrogens is 248 g/mol. The number of hydrogen-bond donors (Lipinski definition) is 0. The maximum Gasteiger partial charge on any atom is 0.123 e. The summed E-state index contributed by atoms with van der Waals surface area (Å²) in [6.07, 6.45) is 0. The van der Waals surface area contributed by atoms with Gasteiger partial charge in [-0.3, -0.25) is 0 Å². The molecular formula is C13H10N2S2. The van der Waals surface area contributed by atoms with Gasteiger partial charge in [-0.25, -0.2) is 0 Å². The second-order valence-electron chi connectivity index (χ2n) is 3.50. The zero-order valence-corrected chi connectivity index (χ0v) is 10.9. The summed E-state index contributed by atoms with van der Waals surface area (Å²) >= 11 is 7.04. The van der Waals surface area contributed by atoms with Gasteiger partial charge in [0.15, 0.2) is 0 Å². The van der Waals surface area contributed by atoms with E-state index in [1.807, 2.05) is 41.6 Å². The molecule has 17 heavy (non-hydrogen) atoms. The number of rotatable bonds is 2. The van der Waals surface area contributed by atoms with Gasteiger partial charge in [0, 0.05) is 12.7 Å². The zero-order chi connectivity index (χ0) is 12.3. The lowest BCUT2D eigenvalue weighted by atomic mass is 10.2. The van der Waals surface area contributed by atoms with Crippen LogP contribution >= 0.6 is 23.6 Å². The van der Waals surface area contributed by atoms with Crippen LogP contribution in [0.1, 0.15) is 10.4 Å². The molecule has 0 aliphatic rings. The molecule has 2 rings (SSSR count). The summed E-state index contributed by atoms with van der Waals surface area (Å²) < 4.78 is 0. The number of nitrogens with zero attached hydrogens (tertiary/aromatic N) is 2. The van der Waals surface area contributed by atoms with Crippen LogP contribution in [0.4, 0.5) is 5.69 Å². The molecule has 0 atom stereocenters. The van der Waals surface area contributed by atoms with Gasteiger partial charge in [0.05, 0.1) is 16.5 Å². The molecule has 0 radical (unpaired) electrons. The van der Waals surface area contributed by atoms with Gasteiger partial charge in [0.1, 0.15) is 4.99 Å². The summed E-state index contributed by atoms with van der Waals surface area (Å²) in [4.78, 5) is 3.82. The molecule has 1 heterocycles. The Balaban J connectivity index is 2.22. The SMILES string of the molecule is CN(C(=S)c1cccs1)c1ccc(C#N)cc1. The van der Waals surface area contributed by atoms with Crippen LogP contribution in [0, 0.1) is 11.3 Å². The molecule has 0 fully saturated rings. The molecule has 4 heteroatoms. The Kier molecular flexibility index (Phi) is 3.52. The van der Waals surface area contributed by atoms with Gasteiger partial charge in [-0.15, -0.1) is 11.3 Å². The van der Waals surface area contributed by atoms with E-state index < -0.39 is 0 Å². The molecule has 0 aliphatic heterocycles. The maximum atomic E-state index is 8.74. The Morgan fingerprint density at radius 3 is 2.53 bits per heavy atom. The van der Waals surface area contributed by atoms with Gasteiger partial charge in [0.25, 0.3) is 0 Å². The third-order valence-corrected chi connectivity index (χ3v) is 3.92. The highest BCUT2D eigenvalue weighted by Crippen LogP contribution is 2.19. The smallest absolute Gasteiger partial charge is 0.123 e. The van der Waals surface area contributed by atoms with Crippen LogP contribution < -0.4 is 4.90 Å². The first-order valence-electron chi connectivity index (χ1n) is 5.04. The molecule has 0 spiro atoms. The molecule has 0 N–H and O–H groups in total. The lowest BCUT2D eigenvalue weighted by Crippen LogP contribution is -2.24. The van der Waals surface area contributed by atoms with Crippen molar-refractivity contribution in [3.63, 3.8) is 0 Å². The van der Waals surface area contributed by atoms with Crippen molar-refractivity contribution < 1.29 is 0 Å². The maximum absolute atomic E-state index is 8.74. The molecule has 0 bridgehead atoms. The second-order valence-corrected chi connectivity index (χ2v) is 4.83. The van der Waals surface area contributed by atoms with Crippen LogP contribution in [0.3, 0.4) is 0 Å². The molecule has 0 saturated heterocycles. The molecule has 0 aliphatic carbocycles. The highest BCUT2D eigenvalue weighted by atomic mass is 32.1. The van der Waals surface area contributed by atoms with Gasteiger partial charge in [-0.1, -0.05) is 18.3 Å². The van der Waals surface area contributed by atoms with Crippen molar-refractivity contribution in [3.05, 3.63) is 52.2 Å². The van der Waals surface area contributed by atoms with Gasteiger partial charge >= 0.3 is 0 Å². The first kappa shape index (κ1) is 11.8. The summed E-state index contributed by atoms with van der Waals surface area (Å²) in [5, 5.41) is 10.7. The molecule has 2 aromatic rings. The predicted octanol–water partition coefficient (Wildman–Crippen LogP) is 3.43. The fraction of sp³-hybridized carbons (Fsp3) is 0.0769. The summed E-state index contributed by atoms with van der Waals surface area (Å²) in [6, 6.07) is 13.5. The van der Waals surface area contributed by atoms with E-state index in [4.69, 9.17) is 17.5 Å². The van der Waals surface area contributed by atoms with Crippen LogP contribution in [0.2, 0.25) is 0 Å². The summed E-state index contributed by atoms with van der Waals surface area (Å²) in [5.74, 6) is 0. The monoisotopic (exact) mass is 258 g/mol. The standard InChI is InChI=1S/C13H10N2S2/c1-15(13(16)12-3-2-8-17-12)11-6-4-10(9-14)5-7-11/h2-8H,1H3. The summed E-state index contributed by atoms with van der Waals surface area (Å²) in [7, 11) is 1.93. The first-order chi connectivity index (χ1) is 8.22. The van der Waals surface area contributed by atoms with Crippen molar-refractivity contribution in [2.75, 3.05) is 11.9 Å². The van der Waals surface area contributed by atoms with Crippen molar-refractivity contribution >= 4 is 34.2 Å². The largest absolute Gasteiger partial charge is 0.335 e. The zero-order valence-electron chi connectivity index (χ0n) is 9.25. The normalized spacial score (nSPS) is 9.65. The Labute approximate surface area is 110 Å². The molecule has 0 saturated carbocycles. The molecule has 1 aromatic carbocycles. The average Bonchev–Trinajstić information content (AvgIpc) is 2.91. The molecule has 84 valence electrons. The van der Waals surface area contributed by atoms with Gasteiger partial charge in [0.2, 0.25) is 0 Å². The van der Waals surface area contributed by atoms with Crippen LogP contribution in [-0.4, -0.2) is 12.0 Å². The van der Waals surface area contributed by atoms with Crippen molar-refractivity contribution in [1.82, 2.24) is 0 Å². The quantitative estimate of drug-likeness (QED) is 0.772. The fourth-order valence-electron chi connectivity index (χ4n) is 1.44. The molecule has 0 unspecified atom stereocenters. The van der Waals surface area contributed by atoms with E-state index in [0.29, 0.717) is 5.56 Å². The van der Waals surface area contributed by atoms with E-state index in [0.717, 1.165) is 15.6 Å². The number of anilines is 1. The van der Waals surface area contributed by atoms with Gasteiger partial charge in [-0.2, -0.15) is 5.26 Å².